The lowest BCUT2D eigenvalue weighted by Gasteiger charge is -2.04. The lowest BCUT2D eigenvalue weighted by Crippen LogP contribution is -2.16. The maximum Gasteiger partial charge on any atom is 0.272 e. The van der Waals surface area contributed by atoms with Crippen molar-refractivity contribution in [1.29, 1.82) is 0 Å². The molecule has 3 N–H and O–H groups in total. The van der Waals surface area contributed by atoms with Gasteiger partial charge in [-0.15, -0.1) is 0 Å². The van der Waals surface area contributed by atoms with E-state index in [0.29, 0.717) is 17.7 Å². The molecule has 0 spiro atoms. The summed E-state index contributed by atoms with van der Waals surface area (Å²) in [6, 6.07) is 7.17. The largest absolute Gasteiger partial charge is 0.354 e. The lowest BCUT2D eigenvalue weighted by molar-refractivity contribution is -0.105. The summed E-state index contributed by atoms with van der Waals surface area (Å²) in [6.07, 6.45) is 5.60. The summed E-state index contributed by atoms with van der Waals surface area (Å²) in [7, 11) is 0. The van der Waals surface area contributed by atoms with Gasteiger partial charge < -0.3 is 10.3 Å². The second-order valence-corrected chi connectivity index (χ2v) is 5.06. The monoisotopic (exact) mass is 305 g/mol. The van der Waals surface area contributed by atoms with Crippen LogP contribution in [0.2, 0.25) is 0 Å². The zero-order valence-corrected chi connectivity index (χ0v) is 11.8. The van der Waals surface area contributed by atoms with Crippen molar-refractivity contribution in [2.24, 2.45) is 5.10 Å². The van der Waals surface area contributed by atoms with Crippen LogP contribution in [0.25, 0.3) is 22.2 Å². The Hall–Kier alpha value is -3.48. The van der Waals surface area contributed by atoms with Crippen LogP contribution >= 0.6 is 0 Å². The molecule has 0 fully saturated rings. The molecule has 2 aromatic heterocycles. The molecule has 3 heterocycles. The van der Waals surface area contributed by atoms with E-state index in [1.54, 1.807) is 30.7 Å². The third kappa shape index (κ3) is 2.06. The van der Waals surface area contributed by atoms with Gasteiger partial charge in [-0.2, -0.15) is 5.10 Å². The average Bonchev–Trinajstić information content (AvgIpc) is 2.85. The van der Waals surface area contributed by atoms with Crippen molar-refractivity contribution in [3.8, 4) is 11.3 Å². The number of nitrogens with one attached hydrogen (secondary N) is 3. The second-order valence-electron chi connectivity index (χ2n) is 5.06. The summed E-state index contributed by atoms with van der Waals surface area (Å²) in [5.74, 6) is -0.320. The van der Waals surface area contributed by atoms with Crippen LogP contribution in [0.1, 0.15) is 15.9 Å². The van der Waals surface area contributed by atoms with Gasteiger partial charge in [0.1, 0.15) is 0 Å². The molecule has 0 unspecified atom stereocenters. The van der Waals surface area contributed by atoms with Crippen LogP contribution in [0.15, 0.2) is 41.8 Å². The van der Waals surface area contributed by atoms with Gasteiger partial charge in [-0.3, -0.25) is 14.6 Å². The van der Waals surface area contributed by atoms with Crippen molar-refractivity contribution < 1.29 is 9.59 Å². The minimum absolute atomic E-state index is 0.320. The number of carbonyl (C=O) groups excluding carboxylic acids is 2. The molecular formula is C16H11N5O2. The van der Waals surface area contributed by atoms with Crippen molar-refractivity contribution in [3.63, 3.8) is 0 Å². The van der Waals surface area contributed by atoms with Crippen LogP contribution in [0, 0.1) is 0 Å². The van der Waals surface area contributed by atoms with Gasteiger partial charge in [0.25, 0.3) is 5.91 Å². The summed E-state index contributed by atoms with van der Waals surface area (Å²) >= 11 is 0. The van der Waals surface area contributed by atoms with Crippen molar-refractivity contribution >= 4 is 35.1 Å². The van der Waals surface area contributed by atoms with Gasteiger partial charge in [0, 0.05) is 40.1 Å². The zero-order chi connectivity index (χ0) is 15.8. The Bertz CT molecular complexity index is 960. The normalized spacial score (nSPS) is 12.8. The smallest absolute Gasteiger partial charge is 0.272 e. The van der Waals surface area contributed by atoms with Crippen molar-refractivity contribution in [2.45, 2.75) is 0 Å². The maximum absolute atomic E-state index is 12.2. The Morgan fingerprint density at radius 2 is 2.00 bits per heavy atom. The number of nitrogens with zero attached hydrogens (tertiary/aromatic N) is 2. The predicted octanol–water partition coefficient (Wildman–Crippen LogP) is 1.88. The van der Waals surface area contributed by atoms with Crippen LogP contribution in [-0.2, 0) is 4.79 Å². The molecule has 1 aromatic carbocycles. The average molecular weight is 305 g/mol. The fourth-order valence-corrected chi connectivity index (χ4v) is 2.78. The molecule has 0 saturated heterocycles. The lowest BCUT2D eigenvalue weighted by atomic mass is 10.0. The molecule has 3 aromatic rings. The minimum Gasteiger partial charge on any atom is -0.354 e. The van der Waals surface area contributed by atoms with Gasteiger partial charge >= 0.3 is 0 Å². The number of aromatic amines is 1. The number of pyridine rings is 1. The van der Waals surface area contributed by atoms with E-state index in [1.165, 1.54) is 0 Å². The van der Waals surface area contributed by atoms with Gasteiger partial charge in [-0.25, -0.2) is 5.43 Å². The third-order valence-corrected chi connectivity index (χ3v) is 3.74. The molecule has 2 amide bonds. The number of benzene rings is 1. The second kappa shape index (κ2) is 5.06. The van der Waals surface area contributed by atoms with E-state index >= 15 is 0 Å². The molecule has 4 rings (SSSR count). The molecule has 1 aliphatic rings. The van der Waals surface area contributed by atoms with E-state index < -0.39 is 0 Å². The zero-order valence-electron chi connectivity index (χ0n) is 11.8. The summed E-state index contributed by atoms with van der Waals surface area (Å²) < 4.78 is 0. The number of anilines is 1. The molecule has 0 radical (unpaired) electrons. The first-order valence-corrected chi connectivity index (χ1v) is 6.91. The van der Waals surface area contributed by atoms with Crippen LogP contribution in [0.5, 0.6) is 0 Å². The van der Waals surface area contributed by atoms with Crippen LogP contribution in [0.4, 0.5) is 5.69 Å². The first-order chi connectivity index (χ1) is 11.3. The topological polar surface area (TPSA) is 99.2 Å². The standard InChI is InChI=1S/C16H11N5O2/c22-8-18-10-5-11-14-12(7-19-21-16(11)23)15(20-13(14)6-10)9-1-3-17-4-2-9/h1-8,20H,(H,18,22)(H,21,23). The van der Waals surface area contributed by atoms with Crippen LogP contribution in [-0.4, -0.2) is 28.5 Å². The van der Waals surface area contributed by atoms with E-state index in [0.717, 1.165) is 27.7 Å². The Balaban J connectivity index is 2.07. The van der Waals surface area contributed by atoms with Crippen molar-refractivity contribution in [1.82, 2.24) is 15.4 Å². The highest BCUT2D eigenvalue weighted by Gasteiger charge is 2.21. The number of hydrazone groups is 1. The maximum atomic E-state index is 12.2. The highest BCUT2D eigenvalue weighted by atomic mass is 16.2. The fraction of sp³-hybridized carbons (Fsp3) is 0. The van der Waals surface area contributed by atoms with Crippen LogP contribution in [0.3, 0.4) is 0 Å². The van der Waals surface area contributed by atoms with E-state index in [1.807, 2.05) is 12.1 Å². The van der Waals surface area contributed by atoms with Gasteiger partial charge in [0.05, 0.1) is 17.5 Å². The molecule has 0 aliphatic carbocycles. The number of amides is 2. The summed E-state index contributed by atoms with van der Waals surface area (Å²) in [5, 5.41) is 7.32. The van der Waals surface area contributed by atoms with E-state index in [-0.39, 0.29) is 5.91 Å². The number of hydrogen-bond donors (Lipinski definition) is 3. The predicted molar refractivity (Wildman–Crippen MR) is 86.3 cm³/mol. The van der Waals surface area contributed by atoms with E-state index in [4.69, 9.17) is 0 Å². The summed E-state index contributed by atoms with van der Waals surface area (Å²) in [5.41, 5.74) is 6.80. The molecule has 0 atom stereocenters. The number of aromatic nitrogens is 2. The van der Waals surface area contributed by atoms with Crippen molar-refractivity contribution in [3.05, 3.63) is 47.8 Å². The number of H-pyrrole nitrogens is 1. The van der Waals surface area contributed by atoms with E-state index in [9.17, 15) is 9.59 Å². The molecular weight excluding hydrogens is 294 g/mol. The molecule has 1 aliphatic heterocycles. The number of carbonyl (C=O) groups is 2. The molecule has 23 heavy (non-hydrogen) atoms. The first-order valence-electron chi connectivity index (χ1n) is 6.91. The van der Waals surface area contributed by atoms with Crippen molar-refractivity contribution in [2.75, 3.05) is 5.32 Å². The molecule has 112 valence electrons. The number of hydrogen-bond acceptors (Lipinski definition) is 4. The molecule has 7 nitrogen and oxygen atoms in total. The highest BCUT2D eigenvalue weighted by Crippen LogP contribution is 2.34. The SMILES string of the molecule is O=CNc1cc2c3c(c(-c4ccncc4)[nH]c3c1)C=NNC2=O. The fourth-order valence-electron chi connectivity index (χ4n) is 2.78. The third-order valence-electron chi connectivity index (χ3n) is 3.74. The number of rotatable bonds is 3. The summed E-state index contributed by atoms with van der Waals surface area (Å²) in [6.45, 7) is 0. The quantitative estimate of drug-likeness (QED) is 0.644. The van der Waals surface area contributed by atoms with Gasteiger partial charge in [-0.1, -0.05) is 0 Å². The molecule has 0 saturated carbocycles. The van der Waals surface area contributed by atoms with Gasteiger partial charge in [0.15, 0.2) is 0 Å². The molecule has 7 heteroatoms. The Labute approximate surface area is 130 Å². The minimum atomic E-state index is -0.320. The highest BCUT2D eigenvalue weighted by molar-refractivity contribution is 6.18. The Kier molecular flexibility index (Phi) is 2.90. The van der Waals surface area contributed by atoms with Gasteiger partial charge in [-0.05, 0) is 24.3 Å². The Morgan fingerprint density at radius 1 is 1.17 bits per heavy atom. The summed E-state index contributed by atoms with van der Waals surface area (Å²) in [4.78, 5) is 30.3. The van der Waals surface area contributed by atoms with Gasteiger partial charge in [0.2, 0.25) is 6.41 Å². The van der Waals surface area contributed by atoms with E-state index in [2.05, 4.69) is 25.8 Å². The Morgan fingerprint density at radius 3 is 2.78 bits per heavy atom. The first kappa shape index (κ1) is 13.2. The molecule has 0 bridgehead atoms. The van der Waals surface area contributed by atoms with Crippen LogP contribution < -0.4 is 10.7 Å².